The van der Waals surface area contributed by atoms with Crippen LogP contribution in [0, 0.1) is 0 Å². The number of para-hydroxylation sites is 1. The second-order valence-corrected chi connectivity index (χ2v) is 8.12. The van der Waals surface area contributed by atoms with Crippen LogP contribution in [0.25, 0.3) is 0 Å². The first-order valence-corrected chi connectivity index (χ1v) is 10.9. The number of anilines is 2. The number of amides is 2. The Morgan fingerprint density at radius 2 is 1.61 bits per heavy atom. The first-order valence-electron chi connectivity index (χ1n) is 9.98. The molecule has 2 amide bonds. The molecule has 1 heterocycles. The van der Waals surface area contributed by atoms with Gasteiger partial charge in [0, 0.05) is 17.0 Å². The number of hydrogen-bond acceptors (Lipinski definition) is 5. The van der Waals surface area contributed by atoms with E-state index in [-0.39, 0.29) is 18.2 Å². The fraction of sp³-hybridized carbons (Fsp3) is 0.167. The maximum atomic E-state index is 12.5. The molecule has 158 valence electrons. The maximum Gasteiger partial charge on any atom is 0.238 e. The Morgan fingerprint density at radius 3 is 2.32 bits per heavy atom. The summed E-state index contributed by atoms with van der Waals surface area (Å²) in [6, 6.07) is 22.1. The van der Waals surface area contributed by atoms with Gasteiger partial charge in [-0.1, -0.05) is 12.1 Å². The second kappa shape index (κ2) is 9.57. The zero-order chi connectivity index (χ0) is 21.6. The van der Waals surface area contributed by atoms with Crippen LogP contribution in [-0.2, 0) is 9.59 Å². The molecular formula is C24H22N2O4S. The minimum atomic E-state index is -0.461. The summed E-state index contributed by atoms with van der Waals surface area (Å²) >= 11 is 1.41. The summed E-state index contributed by atoms with van der Waals surface area (Å²) < 4.78 is 11.2. The molecule has 0 saturated heterocycles. The standard InChI is InChI=1S/C24H22N2O4S/c1-2-29-17-11-13-19(14-12-17)30-18-9-7-16(8-10-18)25-23(27)15-22-24(28)26-20-5-3-4-6-21(20)31-22/h3-14,22H,2,15H2,1H3,(H,25,27)(H,26,28). The van der Waals surface area contributed by atoms with E-state index in [1.54, 1.807) is 24.3 Å². The highest BCUT2D eigenvalue weighted by Gasteiger charge is 2.28. The lowest BCUT2D eigenvalue weighted by Crippen LogP contribution is -2.32. The zero-order valence-electron chi connectivity index (χ0n) is 17.0. The van der Waals surface area contributed by atoms with Gasteiger partial charge in [0.1, 0.15) is 17.2 Å². The maximum absolute atomic E-state index is 12.5. The molecule has 1 aliphatic heterocycles. The van der Waals surface area contributed by atoms with Crippen LogP contribution < -0.4 is 20.1 Å². The molecule has 6 nitrogen and oxygen atoms in total. The Bertz CT molecular complexity index is 1070. The van der Waals surface area contributed by atoms with Gasteiger partial charge in [0.25, 0.3) is 0 Å². The smallest absolute Gasteiger partial charge is 0.238 e. The van der Waals surface area contributed by atoms with E-state index >= 15 is 0 Å². The van der Waals surface area contributed by atoms with Gasteiger partial charge in [-0.2, -0.15) is 0 Å². The number of hydrogen-bond donors (Lipinski definition) is 2. The van der Waals surface area contributed by atoms with Crippen molar-refractivity contribution in [2.75, 3.05) is 17.2 Å². The fourth-order valence-electron chi connectivity index (χ4n) is 3.12. The van der Waals surface area contributed by atoms with E-state index in [1.165, 1.54) is 11.8 Å². The van der Waals surface area contributed by atoms with Gasteiger partial charge >= 0.3 is 0 Å². The van der Waals surface area contributed by atoms with Crippen molar-refractivity contribution in [3.05, 3.63) is 72.8 Å². The number of carbonyl (C=O) groups excluding carboxylic acids is 2. The van der Waals surface area contributed by atoms with Gasteiger partial charge in [-0.15, -0.1) is 11.8 Å². The van der Waals surface area contributed by atoms with Gasteiger partial charge in [0.05, 0.1) is 17.5 Å². The third kappa shape index (κ3) is 5.38. The molecule has 0 fully saturated rings. The molecule has 0 radical (unpaired) electrons. The molecule has 2 N–H and O–H groups in total. The highest BCUT2D eigenvalue weighted by atomic mass is 32.2. The first kappa shape index (κ1) is 20.8. The molecule has 0 spiro atoms. The minimum absolute atomic E-state index is 0.0925. The molecule has 1 aliphatic rings. The number of fused-ring (bicyclic) bond motifs is 1. The van der Waals surface area contributed by atoms with Crippen LogP contribution in [0.2, 0.25) is 0 Å². The van der Waals surface area contributed by atoms with Gasteiger partial charge < -0.3 is 20.1 Å². The van der Waals surface area contributed by atoms with Gasteiger partial charge in [0.2, 0.25) is 11.8 Å². The number of carbonyl (C=O) groups is 2. The predicted octanol–water partition coefficient (Wildman–Crippen LogP) is 5.32. The topological polar surface area (TPSA) is 76.7 Å². The Balaban J connectivity index is 1.31. The lowest BCUT2D eigenvalue weighted by Gasteiger charge is -2.23. The summed E-state index contributed by atoms with van der Waals surface area (Å²) in [7, 11) is 0. The largest absolute Gasteiger partial charge is 0.494 e. The first-order chi connectivity index (χ1) is 15.1. The molecule has 1 unspecified atom stereocenters. The molecule has 31 heavy (non-hydrogen) atoms. The Hall–Kier alpha value is -3.45. The minimum Gasteiger partial charge on any atom is -0.494 e. The average Bonchev–Trinajstić information content (AvgIpc) is 2.77. The summed E-state index contributed by atoms with van der Waals surface area (Å²) in [6.07, 6.45) is 0.0925. The molecule has 0 bridgehead atoms. The molecule has 1 atom stereocenters. The van der Waals surface area contributed by atoms with E-state index in [0.717, 1.165) is 16.3 Å². The van der Waals surface area contributed by atoms with E-state index in [1.807, 2.05) is 55.5 Å². The van der Waals surface area contributed by atoms with E-state index in [2.05, 4.69) is 10.6 Å². The van der Waals surface area contributed by atoms with Crippen molar-refractivity contribution in [1.82, 2.24) is 0 Å². The van der Waals surface area contributed by atoms with Crippen LogP contribution in [0.1, 0.15) is 13.3 Å². The normalized spacial score (nSPS) is 14.9. The number of rotatable bonds is 7. The highest BCUT2D eigenvalue weighted by Crippen LogP contribution is 2.36. The molecule has 7 heteroatoms. The van der Waals surface area contributed by atoms with E-state index < -0.39 is 5.25 Å². The van der Waals surface area contributed by atoms with Crippen molar-refractivity contribution < 1.29 is 19.1 Å². The number of benzene rings is 3. The van der Waals surface area contributed by atoms with Crippen LogP contribution in [0.5, 0.6) is 17.2 Å². The molecule has 3 aromatic carbocycles. The van der Waals surface area contributed by atoms with Crippen LogP contribution in [-0.4, -0.2) is 23.7 Å². The molecule has 4 rings (SSSR count). The van der Waals surface area contributed by atoms with Crippen molar-refractivity contribution in [1.29, 1.82) is 0 Å². The molecular weight excluding hydrogens is 412 g/mol. The van der Waals surface area contributed by atoms with Crippen LogP contribution >= 0.6 is 11.8 Å². The van der Waals surface area contributed by atoms with Crippen LogP contribution in [0.4, 0.5) is 11.4 Å². The Morgan fingerprint density at radius 1 is 0.968 bits per heavy atom. The Labute approximate surface area is 185 Å². The molecule has 0 aromatic heterocycles. The van der Waals surface area contributed by atoms with E-state index in [0.29, 0.717) is 23.8 Å². The quantitative estimate of drug-likeness (QED) is 0.526. The summed E-state index contributed by atoms with van der Waals surface area (Å²) in [4.78, 5) is 25.7. The number of thioether (sulfide) groups is 1. The summed E-state index contributed by atoms with van der Waals surface area (Å²) in [5, 5.41) is 5.24. The Kier molecular flexibility index (Phi) is 6.43. The fourth-order valence-corrected chi connectivity index (χ4v) is 4.23. The lowest BCUT2D eigenvalue weighted by atomic mass is 10.2. The van der Waals surface area contributed by atoms with Gasteiger partial charge in [-0.05, 0) is 67.6 Å². The summed E-state index contributed by atoms with van der Waals surface area (Å²) in [5.41, 5.74) is 1.43. The van der Waals surface area contributed by atoms with Crippen molar-refractivity contribution in [2.45, 2.75) is 23.5 Å². The number of ether oxygens (including phenoxy) is 2. The van der Waals surface area contributed by atoms with Gasteiger partial charge in [-0.25, -0.2) is 0 Å². The number of nitrogens with one attached hydrogen (secondary N) is 2. The van der Waals surface area contributed by atoms with E-state index in [9.17, 15) is 9.59 Å². The van der Waals surface area contributed by atoms with Crippen LogP contribution in [0.3, 0.4) is 0 Å². The lowest BCUT2D eigenvalue weighted by molar-refractivity contribution is -0.120. The molecule has 3 aromatic rings. The third-order valence-electron chi connectivity index (χ3n) is 4.59. The van der Waals surface area contributed by atoms with Crippen LogP contribution in [0.15, 0.2) is 77.7 Å². The van der Waals surface area contributed by atoms with Crippen molar-refractivity contribution in [3.63, 3.8) is 0 Å². The summed E-state index contributed by atoms with van der Waals surface area (Å²) in [5.74, 6) is 1.77. The van der Waals surface area contributed by atoms with Crippen molar-refractivity contribution in [3.8, 4) is 17.2 Å². The summed E-state index contributed by atoms with van der Waals surface area (Å²) in [6.45, 7) is 2.55. The second-order valence-electron chi connectivity index (χ2n) is 6.88. The SMILES string of the molecule is CCOc1ccc(Oc2ccc(NC(=O)CC3Sc4ccccc4NC3=O)cc2)cc1. The monoisotopic (exact) mass is 434 g/mol. The predicted molar refractivity (Wildman–Crippen MR) is 122 cm³/mol. The molecule has 0 saturated carbocycles. The van der Waals surface area contributed by atoms with Crippen molar-refractivity contribution >= 4 is 35.0 Å². The molecule has 0 aliphatic carbocycles. The van der Waals surface area contributed by atoms with Gasteiger partial charge in [0.15, 0.2) is 0 Å². The zero-order valence-corrected chi connectivity index (χ0v) is 17.8. The third-order valence-corrected chi connectivity index (χ3v) is 5.86. The average molecular weight is 435 g/mol. The van der Waals surface area contributed by atoms with Gasteiger partial charge in [-0.3, -0.25) is 9.59 Å². The highest BCUT2D eigenvalue weighted by molar-refractivity contribution is 8.01. The van der Waals surface area contributed by atoms with Crippen molar-refractivity contribution in [2.24, 2.45) is 0 Å². The van der Waals surface area contributed by atoms with E-state index in [4.69, 9.17) is 9.47 Å².